The van der Waals surface area contributed by atoms with Crippen LogP contribution in [0.3, 0.4) is 0 Å². The van der Waals surface area contributed by atoms with E-state index in [0.29, 0.717) is 23.6 Å². The number of anilines is 1. The van der Waals surface area contributed by atoms with E-state index in [1.165, 1.54) is 24.3 Å². The standard InChI is InChI=1S/C27H21Cl2N3O5S/c28-24-13-12-23(16-25(24)29)38(35,36)32-31-27(34)19-8-4-10-21(14-19)30-26(33)20-9-5-11-22(15-20)37-17-18-6-2-1-3-7-18/h1-16,32H,17H2,(H,30,33)(H,31,34). The molecule has 0 saturated heterocycles. The summed E-state index contributed by atoms with van der Waals surface area (Å²) in [6, 6.07) is 26.1. The number of halogens is 2. The van der Waals surface area contributed by atoms with Gasteiger partial charge in [-0.2, -0.15) is 0 Å². The van der Waals surface area contributed by atoms with E-state index in [9.17, 15) is 18.0 Å². The van der Waals surface area contributed by atoms with Crippen molar-refractivity contribution in [1.82, 2.24) is 10.3 Å². The van der Waals surface area contributed by atoms with Gasteiger partial charge in [0.1, 0.15) is 12.4 Å². The molecule has 8 nitrogen and oxygen atoms in total. The Bertz CT molecular complexity index is 1580. The van der Waals surface area contributed by atoms with Gasteiger partial charge in [0.2, 0.25) is 0 Å². The molecule has 0 saturated carbocycles. The van der Waals surface area contributed by atoms with Crippen LogP contribution in [0.5, 0.6) is 5.75 Å². The minimum atomic E-state index is -4.10. The lowest BCUT2D eigenvalue weighted by Gasteiger charge is -2.11. The lowest BCUT2D eigenvalue weighted by Crippen LogP contribution is -2.41. The molecule has 0 fully saturated rings. The number of hydrogen-bond acceptors (Lipinski definition) is 5. The largest absolute Gasteiger partial charge is 0.489 e. The summed E-state index contributed by atoms with van der Waals surface area (Å²) in [4.78, 5) is 27.2. The Morgan fingerprint density at radius 2 is 1.45 bits per heavy atom. The van der Waals surface area contributed by atoms with Crippen molar-refractivity contribution in [3.63, 3.8) is 0 Å². The minimum absolute atomic E-state index is 0.0533. The molecule has 38 heavy (non-hydrogen) atoms. The molecule has 0 aliphatic heterocycles. The van der Waals surface area contributed by atoms with Crippen LogP contribution in [0.4, 0.5) is 5.69 Å². The SMILES string of the molecule is O=C(NNS(=O)(=O)c1ccc(Cl)c(Cl)c1)c1cccc(NC(=O)c2cccc(OCc3ccccc3)c2)c1. The summed E-state index contributed by atoms with van der Waals surface area (Å²) < 4.78 is 30.7. The molecule has 0 radical (unpaired) electrons. The molecular formula is C27H21Cl2N3O5S. The van der Waals surface area contributed by atoms with Gasteiger partial charge in [0.15, 0.2) is 0 Å². The monoisotopic (exact) mass is 569 g/mol. The molecule has 0 spiro atoms. The van der Waals surface area contributed by atoms with Crippen LogP contribution >= 0.6 is 23.2 Å². The number of hydrazine groups is 1. The zero-order valence-electron chi connectivity index (χ0n) is 19.7. The number of hydrogen-bond donors (Lipinski definition) is 3. The average Bonchev–Trinajstić information content (AvgIpc) is 2.93. The Morgan fingerprint density at radius 3 is 2.18 bits per heavy atom. The van der Waals surface area contributed by atoms with E-state index in [1.54, 1.807) is 36.4 Å². The summed E-state index contributed by atoms with van der Waals surface area (Å²) in [5.74, 6) is -0.613. The first kappa shape index (κ1) is 27.2. The second-order valence-corrected chi connectivity index (χ2v) is 10.5. The first-order chi connectivity index (χ1) is 18.2. The highest BCUT2D eigenvalue weighted by atomic mass is 35.5. The molecule has 0 atom stereocenters. The van der Waals surface area contributed by atoms with Crippen molar-refractivity contribution in [3.8, 4) is 5.75 Å². The zero-order chi connectivity index (χ0) is 27.1. The van der Waals surface area contributed by atoms with E-state index in [4.69, 9.17) is 27.9 Å². The maximum atomic E-state index is 12.8. The van der Waals surface area contributed by atoms with Crippen molar-refractivity contribution < 1.29 is 22.7 Å². The maximum absolute atomic E-state index is 12.8. The Hall–Kier alpha value is -3.89. The number of rotatable bonds is 9. The molecule has 3 N–H and O–H groups in total. The zero-order valence-corrected chi connectivity index (χ0v) is 22.0. The predicted octanol–water partition coefficient (Wildman–Crippen LogP) is 5.45. The molecule has 4 aromatic carbocycles. The smallest absolute Gasteiger partial charge is 0.266 e. The van der Waals surface area contributed by atoms with Crippen molar-refractivity contribution >= 4 is 50.7 Å². The summed E-state index contributed by atoms with van der Waals surface area (Å²) in [6.07, 6.45) is 0. The highest BCUT2D eigenvalue weighted by Crippen LogP contribution is 2.24. The summed E-state index contributed by atoms with van der Waals surface area (Å²) in [5, 5.41) is 2.97. The highest BCUT2D eigenvalue weighted by molar-refractivity contribution is 7.89. The molecule has 11 heteroatoms. The molecule has 4 aromatic rings. The lowest BCUT2D eigenvalue weighted by atomic mass is 10.1. The Labute approximate surface area is 229 Å². The fourth-order valence-corrected chi connectivity index (χ4v) is 4.53. The Balaban J connectivity index is 1.38. The quantitative estimate of drug-likeness (QED) is 0.232. The Morgan fingerprint density at radius 1 is 0.737 bits per heavy atom. The van der Waals surface area contributed by atoms with Crippen molar-refractivity contribution in [2.24, 2.45) is 0 Å². The van der Waals surface area contributed by atoms with Gasteiger partial charge in [-0.3, -0.25) is 15.0 Å². The van der Waals surface area contributed by atoms with Crippen LogP contribution in [0.2, 0.25) is 10.0 Å². The van der Waals surface area contributed by atoms with E-state index in [2.05, 4.69) is 10.7 Å². The molecule has 0 aliphatic carbocycles. The number of nitrogens with one attached hydrogen (secondary N) is 3. The van der Waals surface area contributed by atoms with Crippen molar-refractivity contribution in [2.75, 3.05) is 5.32 Å². The first-order valence-corrected chi connectivity index (χ1v) is 13.4. The van der Waals surface area contributed by atoms with E-state index in [-0.39, 0.29) is 20.5 Å². The van der Waals surface area contributed by atoms with Gasteiger partial charge in [0, 0.05) is 16.8 Å². The van der Waals surface area contributed by atoms with Crippen LogP contribution < -0.4 is 20.3 Å². The van der Waals surface area contributed by atoms with Gasteiger partial charge < -0.3 is 10.1 Å². The number of carbonyl (C=O) groups excluding carboxylic acids is 2. The molecule has 4 rings (SSSR count). The van der Waals surface area contributed by atoms with Gasteiger partial charge in [-0.1, -0.05) is 65.7 Å². The van der Waals surface area contributed by atoms with Crippen LogP contribution in [-0.2, 0) is 16.6 Å². The lowest BCUT2D eigenvalue weighted by molar-refractivity contribution is 0.0944. The van der Waals surface area contributed by atoms with Gasteiger partial charge in [0.25, 0.3) is 21.8 Å². The molecule has 0 aliphatic rings. The van der Waals surface area contributed by atoms with Gasteiger partial charge in [-0.05, 0) is 60.2 Å². The molecule has 0 bridgehead atoms. The third kappa shape index (κ3) is 7.11. The first-order valence-electron chi connectivity index (χ1n) is 11.2. The number of benzene rings is 4. The van der Waals surface area contributed by atoms with Gasteiger partial charge in [0.05, 0.1) is 14.9 Å². The van der Waals surface area contributed by atoms with E-state index < -0.39 is 21.8 Å². The average molecular weight is 570 g/mol. The van der Waals surface area contributed by atoms with Crippen molar-refractivity contribution in [1.29, 1.82) is 0 Å². The number of sulfonamides is 1. The van der Waals surface area contributed by atoms with Crippen LogP contribution in [0.25, 0.3) is 0 Å². The molecule has 0 unspecified atom stereocenters. The van der Waals surface area contributed by atoms with Gasteiger partial charge >= 0.3 is 0 Å². The Kier molecular flexibility index (Phi) is 8.65. The normalized spacial score (nSPS) is 11.0. The van der Waals surface area contributed by atoms with Crippen LogP contribution in [0.1, 0.15) is 26.3 Å². The van der Waals surface area contributed by atoms with E-state index in [0.717, 1.165) is 11.6 Å². The molecule has 0 aromatic heterocycles. The molecule has 2 amide bonds. The summed E-state index contributed by atoms with van der Waals surface area (Å²) >= 11 is 11.7. The number of carbonyl (C=O) groups is 2. The second kappa shape index (κ2) is 12.1. The van der Waals surface area contributed by atoms with Crippen LogP contribution in [0.15, 0.2) is 102 Å². The second-order valence-electron chi connectivity index (χ2n) is 7.97. The van der Waals surface area contributed by atoms with Gasteiger partial charge in [-0.25, -0.2) is 8.42 Å². The third-order valence-corrected chi connectivity index (χ3v) is 7.21. The minimum Gasteiger partial charge on any atom is -0.489 e. The predicted molar refractivity (Wildman–Crippen MR) is 146 cm³/mol. The maximum Gasteiger partial charge on any atom is 0.266 e. The number of amides is 2. The summed E-state index contributed by atoms with van der Waals surface area (Å²) in [5.41, 5.74) is 3.94. The van der Waals surface area contributed by atoms with Crippen LogP contribution in [0, 0.1) is 0 Å². The van der Waals surface area contributed by atoms with Crippen molar-refractivity contribution in [2.45, 2.75) is 11.5 Å². The summed E-state index contributed by atoms with van der Waals surface area (Å²) in [7, 11) is -4.10. The highest BCUT2D eigenvalue weighted by Gasteiger charge is 2.17. The molecular weight excluding hydrogens is 549 g/mol. The molecule has 0 heterocycles. The van der Waals surface area contributed by atoms with Gasteiger partial charge in [-0.15, -0.1) is 4.83 Å². The topological polar surface area (TPSA) is 114 Å². The molecule has 194 valence electrons. The van der Waals surface area contributed by atoms with Crippen molar-refractivity contribution in [3.05, 3.63) is 124 Å². The fourth-order valence-electron chi connectivity index (χ4n) is 3.30. The number of ether oxygens (including phenoxy) is 1. The van der Waals surface area contributed by atoms with Crippen LogP contribution in [-0.4, -0.2) is 20.2 Å². The van der Waals surface area contributed by atoms with E-state index >= 15 is 0 Å². The fraction of sp³-hybridized carbons (Fsp3) is 0.0370. The third-order valence-electron chi connectivity index (χ3n) is 5.23. The summed E-state index contributed by atoms with van der Waals surface area (Å²) in [6.45, 7) is 0.359. The van der Waals surface area contributed by atoms with E-state index in [1.807, 2.05) is 35.2 Å².